The van der Waals surface area contributed by atoms with Crippen LogP contribution < -0.4 is 24.4 Å². The van der Waals surface area contributed by atoms with Gasteiger partial charge in [-0.15, -0.1) is 0 Å². The van der Waals surface area contributed by atoms with E-state index in [9.17, 15) is 9.59 Å². The molecular formula is C28H21BrN2O6S. The maximum absolute atomic E-state index is 13.8. The van der Waals surface area contributed by atoms with Gasteiger partial charge in [-0.1, -0.05) is 45.5 Å². The number of carbonyl (C=O) groups excluding carboxylic acids is 1. The van der Waals surface area contributed by atoms with E-state index in [1.165, 1.54) is 15.9 Å². The van der Waals surface area contributed by atoms with Crippen LogP contribution in [0.15, 0.2) is 84.5 Å². The average Bonchev–Trinajstić information content (AvgIpc) is 3.63. The molecule has 2 aromatic carbocycles. The third kappa shape index (κ3) is 4.29. The Morgan fingerprint density at radius 2 is 2.03 bits per heavy atom. The molecule has 4 aromatic rings. The molecule has 0 unspecified atom stereocenters. The van der Waals surface area contributed by atoms with Gasteiger partial charge in [-0.25, -0.2) is 9.79 Å². The fourth-order valence-corrected chi connectivity index (χ4v) is 5.97. The molecule has 38 heavy (non-hydrogen) atoms. The first-order valence-electron chi connectivity index (χ1n) is 11.9. The van der Waals surface area contributed by atoms with Crippen molar-refractivity contribution in [3.8, 4) is 22.8 Å². The molecule has 1 atom stereocenters. The molecule has 2 aromatic heterocycles. The van der Waals surface area contributed by atoms with Crippen LogP contribution in [0.4, 0.5) is 0 Å². The molecule has 192 valence electrons. The molecule has 8 nitrogen and oxygen atoms in total. The van der Waals surface area contributed by atoms with Crippen LogP contribution in [0.25, 0.3) is 17.4 Å². The Hall–Kier alpha value is -3.89. The summed E-state index contributed by atoms with van der Waals surface area (Å²) in [6.07, 6.45) is 1.70. The fraction of sp³-hybridized carbons (Fsp3) is 0.179. The van der Waals surface area contributed by atoms with Gasteiger partial charge in [-0.3, -0.25) is 9.36 Å². The Bertz CT molecular complexity index is 1800. The number of hydrogen-bond donors (Lipinski definition) is 0. The number of hydrogen-bond acceptors (Lipinski definition) is 8. The number of nitrogens with zero attached hydrogens (tertiary/aromatic N) is 2. The van der Waals surface area contributed by atoms with Crippen molar-refractivity contribution in [1.29, 1.82) is 0 Å². The first-order valence-corrected chi connectivity index (χ1v) is 13.5. The minimum Gasteiger partial charge on any atom is -0.463 e. The zero-order valence-electron chi connectivity index (χ0n) is 20.4. The predicted molar refractivity (Wildman–Crippen MR) is 145 cm³/mol. The summed E-state index contributed by atoms with van der Waals surface area (Å²) >= 11 is 4.72. The second-order valence-electron chi connectivity index (χ2n) is 8.63. The second-order valence-corrected chi connectivity index (χ2v) is 10.6. The standard InChI is InChI=1S/C28H21BrN2O6S/c1-3-34-27(33)24-15(2)30-28-31(25(24)17-7-9-21-22(12-17)36-14-35-21)26(32)23(38-28)13-19-8-10-20(37-19)16-5-4-6-18(29)11-16/h4-13,25H,3,14H2,1-2H3/t25-/m0/s1. The summed E-state index contributed by atoms with van der Waals surface area (Å²) in [4.78, 5) is 32.0. The first kappa shape index (κ1) is 24.4. The van der Waals surface area contributed by atoms with Crippen LogP contribution in [0.5, 0.6) is 11.5 Å². The summed E-state index contributed by atoms with van der Waals surface area (Å²) < 4.78 is 25.3. The highest BCUT2D eigenvalue weighted by molar-refractivity contribution is 9.10. The molecular weight excluding hydrogens is 572 g/mol. The Balaban J connectivity index is 1.48. The second kappa shape index (κ2) is 9.77. The number of ether oxygens (including phenoxy) is 3. The summed E-state index contributed by atoms with van der Waals surface area (Å²) in [5.41, 5.74) is 2.12. The largest absolute Gasteiger partial charge is 0.463 e. The van der Waals surface area contributed by atoms with Crippen molar-refractivity contribution in [2.24, 2.45) is 4.99 Å². The van der Waals surface area contributed by atoms with Crippen molar-refractivity contribution < 1.29 is 23.4 Å². The van der Waals surface area contributed by atoms with Crippen molar-refractivity contribution in [3.05, 3.63) is 101 Å². The Morgan fingerprint density at radius 1 is 1.18 bits per heavy atom. The van der Waals surface area contributed by atoms with E-state index in [2.05, 4.69) is 20.9 Å². The molecule has 2 aliphatic rings. The van der Waals surface area contributed by atoms with Crippen LogP contribution in [-0.4, -0.2) is 23.9 Å². The van der Waals surface area contributed by atoms with Crippen molar-refractivity contribution in [2.75, 3.05) is 13.4 Å². The summed E-state index contributed by atoms with van der Waals surface area (Å²) in [5, 5.41) is 0. The average molecular weight is 593 g/mol. The normalized spacial score (nSPS) is 16.4. The number of rotatable bonds is 5. The molecule has 0 aliphatic carbocycles. The Labute approximate surface area is 229 Å². The van der Waals surface area contributed by atoms with Gasteiger partial charge in [0.2, 0.25) is 6.79 Å². The van der Waals surface area contributed by atoms with Crippen LogP contribution in [0.1, 0.15) is 31.2 Å². The van der Waals surface area contributed by atoms with Crippen molar-refractivity contribution in [3.63, 3.8) is 0 Å². The highest BCUT2D eigenvalue weighted by atomic mass is 79.9. The molecule has 0 saturated carbocycles. The molecule has 6 rings (SSSR count). The van der Waals surface area contributed by atoms with Gasteiger partial charge in [0, 0.05) is 16.1 Å². The van der Waals surface area contributed by atoms with Crippen molar-refractivity contribution in [2.45, 2.75) is 19.9 Å². The maximum atomic E-state index is 13.8. The van der Waals surface area contributed by atoms with Gasteiger partial charge in [0.15, 0.2) is 16.3 Å². The van der Waals surface area contributed by atoms with Crippen LogP contribution >= 0.6 is 27.3 Å². The van der Waals surface area contributed by atoms with Crippen LogP contribution in [-0.2, 0) is 9.53 Å². The molecule has 4 heterocycles. The van der Waals surface area contributed by atoms with E-state index in [1.807, 2.05) is 42.5 Å². The number of esters is 1. The zero-order chi connectivity index (χ0) is 26.4. The van der Waals surface area contributed by atoms with Gasteiger partial charge in [-0.2, -0.15) is 0 Å². The highest BCUT2D eigenvalue weighted by Gasteiger charge is 2.34. The van der Waals surface area contributed by atoms with Gasteiger partial charge >= 0.3 is 5.97 Å². The first-order chi connectivity index (χ1) is 18.4. The van der Waals surface area contributed by atoms with E-state index < -0.39 is 12.0 Å². The number of furan rings is 1. The number of carbonyl (C=O) groups is 1. The van der Waals surface area contributed by atoms with E-state index in [4.69, 9.17) is 18.6 Å². The topological polar surface area (TPSA) is 92.3 Å². The third-order valence-electron chi connectivity index (χ3n) is 6.24. The molecule has 2 aliphatic heterocycles. The number of halogens is 1. The molecule has 0 N–H and O–H groups in total. The minimum absolute atomic E-state index is 0.117. The lowest BCUT2D eigenvalue weighted by Crippen LogP contribution is -2.39. The highest BCUT2D eigenvalue weighted by Crippen LogP contribution is 2.38. The lowest BCUT2D eigenvalue weighted by atomic mass is 9.95. The number of benzene rings is 2. The van der Waals surface area contributed by atoms with Crippen LogP contribution in [0.2, 0.25) is 0 Å². The van der Waals surface area contributed by atoms with Crippen LogP contribution in [0, 0.1) is 0 Å². The number of fused-ring (bicyclic) bond motifs is 2. The van der Waals surface area contributed by atoms with E-state index in [-0.39, 0.29) is 19.0 Å². The molecule has 0 bridgehead atoms. The lowest BCUT2D eigenvalue weighted by molar-refractivity contribution is -0.139. The Kier molecular flexibility index (Phi) is 6.29. The SMILES string of the molecule is CCOC(=O)C1=C(C)N=c2sc(=Cc3ccc(-c4cccc(Br)c4)o3)c(=O)n2[C@H]1c1ccc2c(c1)OCO2. The van der Waals surface area contributed by atoms with Gasteiger partial charge < -0.3 is 18.6 Å². The fourth-order valence-electron chi connectivity index (χ4n) is 4.55. The summed E-state index contributed by atoms with van der Waals surface area (Å²) in [7, 11) is 0. The van der Waals surface area contributed by atoms with E-state index in [1.54, 1.807) is 32.1 Å². The minimum atomic E-state index is -0.740. The zero-order valence-corrected chi connectivity index (χ0v) is 22.8. The summed E-state index contributed by atoms with van der Waals surface area (Å²) in [6.45, 7) is 3.81. The van der Waals surface area contributed by atoms with Crippen molar-refractivity contribution >= 4 is 39.3 Å². The molecule has 0 amide bonds. The van der Waals surface area contributed by atoms with E-state index in [0.717, 1.165) is 10.0 Å². The Morgan fingerprint density at radius 3 is 2.84 bits per heavy atom. The number of aromatic nitrogens is 1. The summed E-state index contributed by atoms with van der Waals surface area (Å²) in [5.74, 6) is 1.86. The molecule has 10 heteroatoms. The number of thiazole rings is 1. The smallest absolute Gasteiger partial charge is 0.338 e. The maximum Gasteiger partial charge on any atom is 0.338 e. The number of allylic oxidation sites excluding steroid dienone is 1. The molecule has 0 spiro atoms. The van der Waals surface area contributed by atoms with Gasteiger partial charge in [-0.05, 0) is 55.8 Å². The van der Waals surface area contributed by atoms with Gasteiger partial charge in [0.1, 0.15) is 11.5 Å². The molecule has 0 fully saturated rings. The molecule has 0 radical (unpaired) electrons. The predicted octanol–water partition coefficient (Wildman–Crippen LogP) is 4.55. The molecule has 0 saturated heterocycles. The van der Waals surface area contributed by atoms with Gasteiger partial charge in [0.25, 0.3) is 5.56 Å². The quantitative estimate of drug-likeness (QED) is 0.316. The van der Waals surface area contributed by atoms with Crippen molar-refractivity contribution in [1.82, 2.24) is 4.57 Å². The van der Waals surface area contributed by atoms with E-state index >= 15 is 0 Å². The van der Waals surface area contributed by atoms with Crippen LogP contribution in [0.3, 0.4) is 0 Å². The lowest BCUT2D eigenvalue weighted by Gasteiger charge is -2.24. The van der Waals surface area contributed by atoms with Gasteiger partial charge in [0.05, 0.1) is 28.5 Å². The monoisotopic (exact) mass is 592 g/mol. The summed E-state index contributed by atoms with van der Waals surface area (Å²) in [6, 6.07) is 16.1. The third-order valence-corrected chi connectivity index (χ3v) is 7.71. The van der Waals surface area contributed by atoms with E-state index in [0.29, 0.717) is 49.2 Å².